The van der Waals surface area contributed by atoms with Crippen molar-refractivity contribution in [3.8, 4) is 5.69 Å². The molecule has 168 valence electrons. The minimum Gasteiger partial charge on any atom is -0.318 e. The summed E-state index contributed by atoms with van der Waals surface area (Å²) in [6, 6.07) is 16.5. The number of carbonyl (C=O) groups is 4. The second-order valence-corrected chi connectivity index (χ2v) is 8.02. The van der Waals surface area contributed by atoms with Gasteiger partial charge in [0.1, 0.15) is 0 Å². The molecule has 3 aromatic rings. The van der Waals surface area contributed by atoms with E-state index in [9.17, 15) is 19.2 Å². The van der Waals surface area contributed by atoms with E-state index in [1.165, 1.54) is 0 Å². The first-order valence-electron chi connectivity index (χ1n) is 10.6. The van der Waals surface area contributed by atoms with Crippen molar-refractivity contribution in [1.29, 1.82) is 0 Å². The van der Waals surface area contributed by atoms with E-state index in [1.807, 2.05) is 55.7 Å². The number of benzene rings is 2. The van der Waals surface area contributed by atoms with Crippen LogP contribution in [0.25, 0.3) is 5.69 Å². The van der Waals surface area contributed by atoms with Crippen LogP contribution >= 0.6 is 0 Å². The zero-order valence-electron chi connectivity index (χ0n) is 18.6. The summed E-state index contributed by atoms with van der Waals surface area (Å²) in [6.07, 6.45) is -0.131. The maximum atomic E-state index is 12.7. The molecule has 0 saturated carbocycles. The van der Waals surface area contributed by atoms with E-state index in [-0.39, 0.29) is 13.0 Å². The van der Waals surface area contributed by atoms with Crippen LogP contribution in [0.3, 0.4) is 0 Å². The van der Waals surface area contributed by atoms with Crippen LogP contribution in [0.15, 0.2) is 54.6 Å². The van der Waals surface area contributed by atoms with Crippen LogP contribution in [0.1, 0.15) is 54.4 Å². The van der Waals surface area contributed by atoms with Gasteiger partial charge in [0.15, 0.2) is 0 Å². The molecule has 0 aliphatic carbocycles. The molecule has 2 aromatic carbocycles. The van der Waals surface area contributed by atoms with Crippen molar-refractivity contribution in [2.75, 3.05) is 6.54 Å². The zero-order chi connectivity index (χ0) is 23.7. The van der Waals surface area contributed by atoms with Gasteiger partial charge in [0.05, 0.1) is 16.7 Å². The lowest BCUT2D eigenvalue weighted by atomic mass is 10.1. The number of hydrogen-bond donors (Lipinski definition) is 2. The number of nitrogens with zero attached hydrogens (tertiary/aromatic N) is 2. The van der Waals surface area contributed by atoms with Gasteiger partial charge in [-0.05, 0) is 51.1 Å². The Bertz CT molecular complexity index is 1280. The van der Waals surface area contributed by atoms with Crippen molar-refractivity contribution >= 4 is 23.6 Å². The molecule has 8 nitrogen and oxygen atoms in total. The minimum absolute atomic E-state index is 0.0738. The van der Waals surface area contributed by atoms with Crippen LogP contribution < -0.4 is 10.9 Å². The summed E-state index contributed by atoms with van der Waals surface area (Å²) in [5, 5.41) is 0. The summed E-state index contributed by atoms with van der Waals surface area (Å²) in [6.45, 7) is 5.50. The molecule has 0 fully saturated rings. The van der Waals surface area contributed by atoms with Crippen molar-refractivity contribution in [1.82, 2.24) is 20.3 Å². The number of rotatable bonds is 5. The first kappa shape index (κ1) is 22.0. The second kappa shape index (κ2) is 8.74. The SMILES string of the molecule is Cc1ccc2c(c1)C(=O)N(CCC(=O)NNC(=O)c1cc(C)n(-c3ccccc3)c1C)C2=O. The van der Waals surface area contributed by atoms with Crippen molar-refractivity contribution in [3.05, 3.63) is 88.2 Å². The van der Waals surface area contributed by atoms with Gasteiger partial charge in [-0.1, -0.05) is 29.8 Å². The van der Waals surface area contributed by atoms with Crippen LogP contribution in [0.5, 0.6) is 0 Å². The van der Waals surface area contributed by atoms with E-state index in [0.717, 1.165) is 27.5 Å². The number of hydrazine groups is 1. The molecule has 0 bridgehead atoms. The third-order valence-electron chi connectivity index (χ3n) is 5.69. The summed E-state index contributed by atoms with van der Waals surface area (Å²) in [4.78, 5) is 51.0. The number of imide groups is 1. The summed E-state index contributed by atoms with van der Waals surface area (Å²) in [7, 11) is 0. The van der Waals surface area contributed by atoms with Gasteiger partial charge in [0.2, 0.25) is 5.91 Å². The molecule has 0 unspecified atom stereocenters. The molecule has 1 aliphatic heterocycles. The molecule has 2 heterocycles. The summed E-state index contributed by atoms with van der Waals surface area (Å²) >= 11 is 0. The maximum absolute atomic E-state index is 12.7. The fourth-order valence-electron chi connectivity index (χ4n) is 4.04. The number of nitrogens with one attached hydrogen (secondary N) is 2. The first-order chi connectivity index (χ1) is 15.8. The topological polar surface area (TPSA) is 101 Å². The van der Waals surface area contributed by atoms with Gasteiger partial charge >= 0.3 is 0 Å². The molecule has 0 spiro atoms. The fraction of sp³-hybridized carbons (Fsp3) is 0.200. The Morgan fingerprint density at radius 3 is 2.27 bits per heavy atom. The van der Waals surface area contributed by atoms with Crippen LogP contribution in [-0.4, -0.2) is 39.6 Å². The number of fused-ring (bicyclic) bond motifs is 1. The van der Waals surface area contributed by atoms with Crippen molar-refractivity contribution < 1.29 is 19.2 Å². The molecule has 0 saturated heterocycles. The highest BCUT2D eigenvalue weighted by molar-refractivity contribution is 6.21. The lowest BCUT2D eigenvalue weighted by Crippen LogP contribution is -2.43. The number of para-hydroxylation sites is 1. The van der Waals surface area contributed by atoms with Gasteiger partial charge in [0, 0.05) is 30.0 Å². The smallest absolute Gasteiger partial charge is 0.271 e. The summed E-state index contributed by atoms with van der Waals surface area (Å²) < 4.78 is 1.96. The van der Waals surface area contributed by atoms with E-state index >= 15 is 0 Å². The van der Waals surface area contributed by atoms with Gasteiger partial charge in [-0.15, -0.1) is 0 Å². The largest absolute Gasteiger partial charge is 0.318 e. The van der Waals surface area contributed by atoms with E-state index in [0.29, 0.717) is 16.7 Å². The van der Waals surface area contributed by atoms with Gasteiger partial charge in [-0.25, -0.2) is 0 Å². The van der Waals surface area contributed by atoms with Gasteiger partial charge in [-0.2, -0.15) is 0 Å². The van der Waals surface area contributed by atoms with Crippen LogP contribution in [0, 0.1) is 20.8 Å². The molecule has 4 rings (SSSR count). The Morgan fingerprint density at radius 1 is 0.848 bits per heavy atom. The highest BCUT2D eigenvalue weighted by atomic mass is 16.2. The highest BCUT2D eigenvalue weighted by Crippen LogP contribution is 2.24. The third-order valence-corrected chi connectivity index (χ3v) is 5.69. The van der Waals surface area contributed by atoms with E-state index in [2.05, 4.69) is 10.9 Å². The monoisotopic (exact) mass is 444 g/mol. The molecular formula is C25H24N4O4. The lowest BCUT2D eigenvalue weighted by molar-refractivity contribution is -0.121. The average molecular weight is 444 g/mol. The number of aromatic nitrogens is 1. The molecule has 1 aromatic heterocycles. The van der Waals surface area contributed by atoms with Gasteiger partial charge in [0.25, 0.3) is 17.7 Å². The molecule has 0 atom stereocenters. The average Bonchev–Trinajstić information content (AvgIpc) is 3.23. The Morgan fingerprint density at radius 2 is 1.55 bits per heavy atom. The minimum atomic E-state index is -0.507. The fourth-order valence-corrected chi connectivity index (χ4v) is 4.04. The standard InChI is InChI=1S/C25H24N4O4/c1-15-9-10-19-21(13-15)25(33)28(24(19)32)12-11-22(30)26-27-23(31)20-14-16(2)29(17(20)3)18-7-5-4-6-8-18/h4-10,13-14H,11-12H2,1-3H3,(H,26,30)(H,27,31). The van der Waals surface area contributed by atoms with Crippen molar-refractivity contribution in [3.63, 3.8) is 0 Å². The number of aryl methyl sites for hydroxylation is 2. The number of carbonyl (C=O) groups excluding carboxylic acids is 4. The molecule has 0 radical (unpaired) electrons. The second-order valence-electron chi connectivity index (χ2n) is 8.02. The molecule has 2 N–H and O–H groups in total. The summed E-state index contributed by atoms with van der Waals surface area (Å²) in [5.41, 5.74) is 9.35. The number of hydrogen-bond acceptors (Lipinski definition) is 4. The quantitative estimate of drug-likeness (QED) is 0.467. The van der Waals surface area contributed by atoms with E-state index in [4.69, 9.17) is 0 Å². The first-order valence-corrected chi connectivity index (χ1v) is 10.6. The predicted octanol–water partition coefficient (Wildman–Crippen LogP) is 2.85. The van der Waals surface area contributed by atoms with E-state index < -0.39 is 23.6 Å². The normalized spacial score (nSPS) is 12.6. The van der Waals surface area contributed by atoms with Gasteiger partial charge in [-0.3, -0.25) is 34.9 Å². The summed E-state index contributed by atoms with van der Waals surface area (Å²) in [5.74, 6) is -1.79. The molecule has 8 heteroatoms. The third kappa shape index (κ3) is 4.15. The number of amides is 4. The predicted molar refractivity (Wildman–Crippen MR) is 122 cm³/mol. The molecular weight excluding hydrogens is 420 g/mol. The van der Waals surface area contributed by atoms with Crippen molar-refractivity contribution in [2.45, 2.75) is 27.2 Å². The Labute approximate surface area is 191 Å². The van der Waals surface area contributed by atoms with Crippen LogP contribution in [0.2, 0.25) is 0 Å². The van der Waals surface area contributed by atoms with Crippen LogP contribution in [0.4, 0.5) is 0 Å². The Hall–Kier alpha value is -4.20. The molecule has 4 amide bonds. The highest BCUT2D eigenvalue weighted by Gasteiger charge is 2.35. The Balaban J connectivity index is 1.35. The zero-order valence-corrected chi connectivity index (χ0v) is 18.6. The van der Waals surface area contributed by atoms with Crippen LogP contribution in [-0.2, 0) is 4.79 Å². The molecule has 33 heavy (non-hydrogen) atoms. The molecule has 1 aliphatic rings. The maximum Gasteiger partial charge on any atom is 0.271 e. The van der Waals surface area contributed by atoms with E-state index in [1.54, 1.807) is 24.3 Å². The lowest BCUT2D eigenvalue weighted by Gasteiger charge is -2.14. The van der Waals surface area contributed by atoms with Crippen molar-refractivity contribution in [2.24, 2.45) is 0 Å². The Kier molecular flexibility index (Phi) is 5.83. The van der Waals surface area contributed by atoms with Gasteiger partial charge < -0.3 is 4.57 Å².